The molecule has 0 saturated heterocycles. The Labute approximate surface area is 258 Å². The second-order valence-electron chi connectivity index (χ2n) is 11.7. The molecule has 0 saturated carbocycles. The molecule has 0 spiro atoms. The lowest BCUT2D eigenvalue weighted by atomic mass is 9.90. The summed E-state index contributed by atoms with van der Waals surface area (Å²) in [6.45, 7) is -5.51. The maximum absolute atomic E-state index is 12.1. The summed E-state index contributed by atoms with van der Waals surface area (Å²) in [4.78, 5) is 17.4. The quantitative estimate of drug-likeness (QED) is 0.0259. The molecule has 0 rings (SSSR count). The van der Waals surface area contributed by atoms with E-state index in [0.29, 0.717) is 19.5 Å². The van der Waals surface area contributed by atoms with E-state index in [1.807, 2.05) is 0 Å². The second kappa shape index (κ2) is 24.0. The number of alkyl carbamates (subject to hydrolysis) is 1. The van der Waals surface area contributed by atoms with Crippen molar-refractivity contribution in [3.8, 4) is 0 Å². The summed E-state index contributed by atoms with van der Waals surface area (Å²) in [6.07, 6.45) is 2.24. The van der Waals surface area contributed by atoms with Gasteiger partial charge in [0.15, 0.2) is 0 Å². The van der Waals surface area contributed by atoms with Crippen LogP contribution < -0.4 is 10.8 Å². The van der Waals surface area contributed by atoms with E-state index < -0.39 is 93.8 Å². The summed E-state index contributed by atoms with van der Waals surface area (Å²) in [6, 6.07) is 0. The highest BCUT2D eigenvalue weighted by atomic mass is 16.6. The van der Waals surface area contributed by atoms with Gasteiger partial charge in [0.1, 0.15) is 6.61 Å². The minimum Gasteiger partial charge on any atom is -0.449 e. The van der Waals surface area contributed by atoms with E-state index in [4.69, 9.17) is 19.0 Å². The van der Waals surface area contributed by atoms with Crippen LogP contribution >= 0.6 is 0 Å². The number of amides is 1. The highest BCUT2D eigenvalue weighted by molar-refractivity contribution is 5.67. The lowest BCUT2D eigenvalue weighted by Crippen LogP contribution is -2.44. The van der Waals surface area contributed by atoms with Crippen molar-refractivity contribution >= 4 is 6.09 Å². The van der Waals surface area contributed by atoms with Crippen LogP contribution in [0, 0.1) is 21.7 Å². The molecule has 12 N–H and O–H groups in total. The van der Waals surface area contributed by atoms with Crippen LogP contribution in [0.25, 0.3) is 0 Å². The van der Waals surface area contributed by atoms with E-state index in [9.17, 15) is 55.9 Å². The molecule has 0 bridgehead atoms. The van der Waals surface area contributed by atoms with Gasteiger partial charge in [0.25, 0.3) is 0 Å². The molecule has 0 atom stereocenters. The summed E-state index contributed by atoms with van der Waals surface area (Å²) in [7, 11) is 0. The predicted molar refractivity (Wildman–Crippen MR) is 154 cm³/mol. The van der Waals surface area contributed by atoms with Crippen molar-refractivity contribution in [2.75, 3.05) is 119 Å². The summed E-state index contributed by atoms with van der Waals surface area (Å²) >= 11 is 0. The molecule has 0 aromatic rings. The Balaban J connectivity index is 4.20. The number of unbranched alkanes of at least 4 members (excludes halogenated alkanes) is 3. The van der Waals surface area contributed by atoms with Crippen molar-refractivity contribution in [3.05, 3.63) is 0 Å². The van der Waals surface area contributed by atoms with Crippen LogP contribution in [0.3, 0.4) is 0 Å². The van der Waals surface area contributed by atoms with E-state index in [0.717, 1.165) is 19.3 Å². The molecule has 0 aromatic heterocycles. The standard InChI is InChI=1S/C27H56N2O15/c30-7-24(8-31,9-32)17-41-19-26(13-36,14-37)21-43-23(40)28-5-3-1-2-4-6-29-44-22-27(15-38,16-39)20-42-18-25(10-33,11-34)12-35/h29-39H,1-22H2,(H,28,40). The molecule has 0 aliphatic heterocycles. The maximum Gasteiger partial charge on any atom is 0.407 e. The average molecular weight is 649 g/mol. The van der Waals surface area contributed by atoms with E-state index in [1.54, 1.807) is 0 Å². The minimum absolute atomic E-state index is 0.0782. The number of hydroxylamine groups is 1. The molecule has 0 aromatic carbocycles. The highest BCUT2D eigenvalue weighted by Gasteiger charge is 2.35. The fraction of sp³-hybridized carbons (Fsp3) is 0.963. The van der Waals surface area contributed by atoms with Crippen LogP contribution in [-0.2, 0) is 19.0 Å². The van der Waals surface area contributed by atoms with Gasteiger partial charge in [-0.25, -0.2) is 10.3 Å². The molecule has 0 heterocycles. The first-order valence-electron chi connectivity index (χ1n) is 14.6. The first-order chi connectivity index (χ1) is 21.1. The Bertz CT molecular complexity index is 686. The maximum atomic E-state index is 12.1. The topological polar surface area (TPSA) is 280 Å². The third-order valence-corrected chi connectivity index (χ3v) is 7.45. The zero-order chi connectivity index (χ0) is 33.4. The van der Waals surface area contributed by atoms with Gasteiger partial charge in [0, 0.05) is 13.1 Å². The number of aliphatic hydroxyl groups excluding tert-OH is 10. The van der Waals surface area contributed by atoms with Gasteiger partial charge in [-0.2, -0.15) is 0 Å². The molecule has 1 amide bonds. The monoisotopic (exact) mass is 648 g/mol. The molecule has 0 aliphatic rings. The van der Waals surface area contributed by atoms with E-state index in [1.165, 1.54) is 0 Å². The Hall–Kier alpha value is -1.29. The van der Waals surface area contributed by atoms with Crippen molar-refractivity contribution in [3.63, 3.8) is 0 Å². The summed E-state index contributed by atoms with van der Waals surface area (Å²) in [5.74, 6) is 0. The Morgan fingerprint density at radius 2 is 0.818 bits per heavy atom. The van der Waals surface area contributed by atoms with Gasteiger partial charge >= 0.3 is 6.09 Å². The number of carbonyl (C=O) groups excluding carboxylic acids is 1. The molecule has 44 heavy (non-hydrogen) atoms. The molecular weight excluding hydrogens is 592 g/mol. The van der Waals surface area contributed by atoms with Gasteiger partial charge < -0.3 is 75.4 Å². The molecule has 17 nitrogen and oxygen atoms in total. The Morgan fingerprint density at radius 3 is 1.23 bits per heavy atom. The molecule has 0 radical (unpaired) electrons. The van der Waals surface area contributed by atoms with Crippen molar-refractivity contribution < 1.29 is 74.9 Å². The molecule has 0 fully saturated rings. The number of carbonyl (C=O) groups is 1. The predicted octanol–water partition coefficient (Wildman–Crippen LogP) is -4.30. The first kappa shape index (κ1) is 42.7. The summed E-state index contributed by atoms with van der Waals surface area (Å²) in [5.41, 5.74) is -2.20. The van der Waals surface area contributed by atoms with Crippen molar-refractivity contribution in [1.29, 1.82) is 0 Å². The fourth-order valence-corrected chi connectivity index (χ4v) is 3.50. The van der Waals surface area contributed by atoms with Crippen LogP contribution in [0.15, 0.2) is 0 Å². The van der Waals surface area contributed by atoms with Gasteiger partial charge in [0.05, 0.1) is 121 Å². The van der Waals surface area contributed by atoms with Crippen LogP contribution in [0.4, 0.5) is 4.79 Å². The van der Waals surface area contributed by atoms with Crippen LogP contribution in [0.5, 0.6) is 0 Å². The third kappa shape index (κ3) is 15.3. The van der Waals surface area contributed by atoms with Crippen molar-refractivity contribution in [2.45, 2.75) is 25.7 Å². The van der Waals surface area contributed by atoms with Crippen LogP contribution in [-0.4, -0.2) is 176 Å². The van der Waals surface area contributed by atoms with Crippen LogP contribution in [0.2, 0.25) is 0 Å². The van der Waals surface area contributed by atoms with Gasteiger partial charge in [0.2, 0.25) is 0 Å². The lowest BCUT2D eigenvalue weighted by Gasteiger charge is -2.32. The number of ether oxygens (including phenoxy) is 3. The molecule has 17 heteroatoms. The first-order valence-corrected chi connectivity index (χ1v) is 14.6. The second-order valence-corrected chi connectivity index (χ2v) is 11.7. The number of rotatable bonds is 30. The Morgan fingerprint density at radius 1 is 0.455 bits per heavy atom. The normalized spacial score (nSPS) is 13.0. The lowest BCUT2D eigenvalue weighted by molar-refractivity contribution is -0.123. The summed E-state index contributed by atoms with van der Waals surface area (Å²) < 4.78 is 16.0. The van der Waals surface area contributed by atoms with Gasteiger partial charge in [-0.1, -0.05) is 12.8 Å². The van der Waals surface area contributed by atoms with E-state index in [2.05, 4.69) is 10.8 Å². The largest absolute Gasteiger partial charge is 0.449 e. The highest BCUT2D eigenvalue weighted by Crippen LogP contribution is 2.22. The number of hydrogen-bond donors (Lipinski definition) is 12. The van der Waals surface area contributed by atoms with E-state index in [-0.39, 0.29) is 39.6 Å². The van der Waals surface area contributed by atoms with Gasteiger partial charge in [-0.3, -0.25) is 0 Å². The number of aliphatic hydroxyl groups is 10. The van der Waals surface area contributed by atoms with Crippen LogP contribution in [0.1, 0.15) is 25.7 Å². The number of hydrogen-bond acceptors (Lipinski definition) is 16. The molecule has 0 aliphatic carbocycles. The average Bonchev–Trinajstić information content (AvgIpc) is 3.07. The van der Waals surface area contributed by atoms with E-state index >= 15 is 0 Å². The number of nitrogens with one attached hydrogen (secondary N) is 2. The molecule has 264 valence electrons. The fourth-order valence-electron chi connectivity index (χ4n) is 3.50. The zero-order valence-electron chi connectivity index (χ0n) is 25.6. The Kier molecular flexibility index (Phi) is 23.3. The molecule has 0 unspecified atom stereocenters. The van der Waals surface area contributed by atoms with Gasteiger partial charge in [-0.05, 0) is 12.8 Å². The smallest absolute Gasteiger partial charge is 0.407 e. The minimum atomic E-state index is -1.31. The van der Waals surface area contributed by atoms with Crippen molar-refractivity contribution in [1.82, 2.24) is 10.8 Å². The third-order valence-electron chi connectivity index (χ3n) is 7.45. The molecular formula is C27H56N2O15. The van der Waals surface area contributed by atoms with Crippen molar-refractivity contribution in [2.24, 2.45) is 21.7 Å². The zero-order valence-corrected chi connectivity index (χ0v) is 25.6. The van der Waals surface area contributed by atoms with Gasteiger partial charge in [-0.15, -0.1) is 0 Å². The SMILES string of the molecule is O=C(NCCCCCCNOCC(CO)(CO)COCC(CO)(CO)CO)OCC(CO)(CO)COCC(CO)(CO)CO. The summed E-state index contributed by atoms with van der Waals surface area (Å²) in [5, 5.41) is 97.7.